The Morgan fingerprint density at radius 2 is 2.12 bits per heavy atom. The molecule has 1 rings (SSSR count). The van der Waals surface area contributed by atoms with Crippen molar-refractivity contribution in [1.29, 1.82) is 0 Å². The van der Waals surface area contributed by atoms with Gasteiger partial charge in [-0.3, -0.25) is 0 Å². The predicted octanol–water partition coefficient (Wildman–Crippen LogP) is 3.02. The van der Waals surface area contributed by atoms with E-state index in [1.807, 2.05) is 6.07 Å². The van der Waals surface area contributed by atoms with Gasteiger partial charge in [-0.05, 0) is 37.6 Å². The van der Waals surface area contributed by atoms with Crippen LogP contribution in [0.2, 0.25) is 0 Å². The normalized spacial score (nSPS) is 12.4. The van der Waals surface area contributed by atoms with Crippen molar-refractivity contribution in [3.05, 3.63) is 29.8 Å². The molecule has 0 aliphatic carbocycles. The number of benzene rings is 1. The smallest absolute Gasteiger partial charge is 0.120 e. The maximum Gasteiger partial charge on any atom is 0.120 e. The van der Waals surface area contributed by atoms with Crippen LogP contribution in [0.3, 0.4) is 0 Å². The molecule has 1 aromatic rings. The van der Waals surface area contributed by atoms with Crippen molar-refractivity contribution in [2.75, 3.05) is 13.1 Å². The zero-order chi connectivity index (χ0) is 11.8. The molecule has 1 N–H and O–H groups in total. The van der Waals surface area contributed by atoms with Crippen molar-refractivity contribution in [2.24, 2.45) is 0 Å². The summed E-state index contributed by atoms with van der Waals surface area (Å²) in [6.45, 7) is 8.28. The molecule has 1 aromatic carbocycles. The Hall–Kier alpha value is -1.02. The van der Waals surface area contributed by atoms with Gasteiger partial charge in [0.25, 0.3) is 0 Å². The van der Waals surface area contributed by atoms with Gasteiger partial charge in [-0.2, -0.15) is 0 Å². The van der Waals surface area contributed by atoms with Crippen LogP contribution in [0, 0.1) is 0 Å². The number of ether oxygens (including phenoxy) is 1. The summed E-state index contributed by atoms with van der Waals surface area (Å²) in [6.07, 6.45) is 2.52. The van der Waals surface area contributed by atoms with E-state index in [1.165, 1.54) is 12.0 Å². The Morgan fingerprint density at radius 1 is 1.31 bits per heavy atom. The van der Waals surface area contributed by atoms with Crippen molar-refractivity contribution in [1.82, 2.24) is 5.32 Å². The summed E-state index contributed by atoms with van der Waals surface area (Å²) < 4.78 is 5.84. The van der Waals surface area contributed by atoms with E-state index in [4.69, 9.17) is 4.74 Å². The largest absolute Gasteiger partial charge is 0.489 e. The molecule has 0 bridgehead atoms. The van der Waals surface area contributed by atoms with Gasteiger partial charge in [-0.25, -0.2) is 0 Å². The second-order valence-electron chi connectivity index (χ2n) is 4.13. The monoisotopic (exact) mass is 221 g/mol. The standard InChI is InChI=1S/C14H23NO/c1-4-7-13-8-6-9-14(10-13)16-12(3)11-15-5-2/h6,8-10,12,15H,4-5,7,11H2,1-3H3/t12-/m1/s1. The molecule has 0 saturated heterocycles. The summed E-state index contributed by atoms with van der Waals surface area (Å²) >= 11 is 0. The van der Waals surface area contributed by atoms with Gasteiger partial charge in [0.05, 0.1) is 0 Å². The van der Waals surface area contributed by atoms with Gasteiger partial charge >= 0.3 is 0 Å². The Labute approximate surface area is 99.0 Å². The second kappa shape index (κ2) is 7.29. The number of rotatable bonds is 7. The lowest BCUT2D eigenvalue weighted by Gasteiger charge is -2.15. The molecule has 0 spiro atoms. The number of likely N-dealkylation sites (N-methyl/N-ethyl adjacent to an activating group) is 1. The summed E-state index contributed by atoms with van der Waals surface area (Å²) in [5, 5.41) is 3.28. The molecule has 1 atom stereocenters. The van der Waals surface area contributed by atoms with Gasteiger partial charge in [0.2, 0.25) is 0 Å². The Kier molecular flexibility index (Phi) is 5.94. The third-order valence-corrected chi connectivity index (χ3v) is 2.46. The van der Waals surface area contributed by atoms with E-state index >= 15 is 0 Å². The minimum atomic E-state index is 0.219. The van der Waals surface area contributed by atoms with Crippen LogP contribution in [0.4, 0.5) is 0 Å². The molecule has 0 aliphatic heterocycles. The van der Waals surface area contributed by atoms with E-state index in [1.54, 1.807) is 0 Å². The molecule has 90 valence electrons. The van der Waals surface area contributed by atoms with E-state index in [9.17, 15) is 0 Å². The molecule has 0 radical (unpaired) electrons. The van der Waals surface area contributed by atoms with Gasteiger partial charge < -0.3 is 10.1 Å². The van der Waals surface area contributed by atoms with Crippen LogP contribution in [0.1, 0.15) is 32.8 Å². The predicted molar refractivity (Wildman–Crippen MR) is 69.1 cm³/mol. The maximum absolute atomic E-state index is 5.84. The lowest BCUT2D eigenvalue weighted by molar-refractivity contribution is 0.218. The first-order valence-corrected chi connectivity index (χ1v) is 6.22. The van der Waals surface area contributed by atoms with Gasteiger partial charge in [0.15, 0.2) is 0 Å². The highest BCUT2D eigenvalue weighted by Crippen LogP contribution is 2.15. The van der Waals surface area contributed by atoms with Crippen molar-refractivity contribution in [2.45, 2.75) is 39.7 Å². The van der Waals surface area contributed by atoms with Crippen LogP contribution in [-0.4, -0.2) is 19.2 Å². The highest BCUT2D eigenvalue weighted by molar-refractivity contribution is 5.28. The fourth-order valence-electron chi connectivity index (χ4n) is 1.68. The molecular formula is C14H23NO. The first kappa shape index (κ1) is 13.0. The molecule has 0 aliphatic rings. The van der Waals surface area contributed by atoms with Crippen LogP contribution < -0.4 is 10.1 Å². The first-order valence-electron chi connectivity index (χ1n) is 6.22. The minimum absolute atomic E-state index is 0.219. The molecule has 0 fully saturated rings. The number of hydrogen-bond donors (Lipinski definition) is 1. The molecule has 0 aromatic heterocycles. The van der Waals surface area contributed by atoms with E-state index < -0.39 is 0 Å². The van der Waals surface area contributed by atoms with Gasteiger partial charge in [0.1, 0.15) is 11.9 Å². The Bertz CT molecular complexity index is 299. The van der Waals surface area contributed by atoms with E-state index in [-0.39, 0.29) is 6.10 Å². The zero-order valence-corrected chi connectivity index (χ0v) is 10.6. The van der Waals surface area contributed by atoms with Gasteiger partial charge in [-0.15, -0.1) is 0 Å². The van der Waals surface area contributed by atoms with Gasteiger partial charge in [-0.1, -0.05) is 32.4 Å². The van der Waals surface area contributed by atoms with Crippen LogP contribution in [0.25, 0.3) is 0 Å². The number of aryl methyl sites for hydroxylation is 1. The summed E-state index contributed by atoms with van der Waals surface area (Å²) in [6, 6.07) is 8.40. The summed E-state index contributed by atoms with van der Waals surface area (Å²) in [7, 11) is 0. The highest BCUT2D eigenvalue weighted by Gasteiger charge is 2.03. The Balaban J connectivity index is 2.49. The average Bonchev–Trinajstić information content (AvgIpc) is 2.27. The van der Waals surface area contributed by atoms with E-state index in [0.717, 1.165) is 25.3 Å². The lowest BCUT2D eigenvalue weighted by Crippen LogP contribution is -2.28. The van der Waals surface area contributed by atoms with E-state index in [2.05, 4.69) is 44.3 Å². The highest BCUT2D eigenvalue weighted by atomic mass is 16.5. The van der Waals surface area contributed by atoms with Crippen LogP contribution in [0.5, 0.6) is 5.75 Å². The zero-order valence-electron chi connectivity index (χ0n) is 10.6. The summed E-state index contributed by atoms with van der Waals surface area (Å²) in [4.78, 5) is 0. The quantitative estimate of drug-likeness (QED) is 0.764. The van der Waals surface area contributed by atoms with Crippen molar-refractivity contribution in [3.8, 4) is 5.75 Å². The molecule has 0 unspecified atom stereocenters. The first-order chi connectivity index (χ1) is 7.76. The fraction of sp³-hybridized carbons (Fsp3) is 0.571. The molecule has 16 heavy (non-hydrogen) atoms. The third kappa shape index (κ3) is 4.67. The van der Waals surface area contributed by atoms with Crippen molar-refractivity contribution in [3.63, 3.8) is 0 Å². The molecule has 2 nitrogen and oxygen atoms in total. The second-order valence-corrected chi connectivity index (χ2v) is 4.13. The van der Waals surface area contributed by atoms with Gasteiger partial charge in [0, 0.05) is 6.54 Å². The fourth-order valence-corrected chi connectivity index (χ4v) is 1.68. The molecule has 0 amide bonds. The van der Waals surface area contributed by atoms with E-state index in [0.29, 0.717) is 0 Å². The van der Waals surface area contributed by atoms with Crippen molar-refractivity contribution >= 4 is 0 Å². The summed E-state index contributed by atoms with van der Waals surface area (Å²) in [5.74, 6) is 0.983. The average molecular weight is 221 g/mol. The molecule has 0 heterocycles. The molecule has 0 saturated carbocycles. The SMILES string of the molecule is CCCc1cccc(O[C@H](C)CNCC)c1. The van der Waals surface area contributed by atoms with Crippen LogP contribution in [0.15, 0.2) is 24.3 Å². The third-order valence-electron chi connectivity index (χ3n) is 2.46. The maximum atomic E-state index is 5.84. The topological polar surface area (TPSA) is 21.3 Å². The number of nitrogens with one attached hydrogen (secondary N) is 1. The Morgan fingerprint density at radius 3 is 2.81 bits per heavy atom. The molecule has 2 heteroatoms. The molecular weight excluding hydrogens is 198 g/mol. The minimum Gasteiger partial charge on any atom is -0.489 e. The van der Waals surface area contributed by atoms with Crippen LogP contribution in [-0.2, 0) is 6.42 Å². The van der Waals surface area contributed by atoms with Crippen molar-refractivity contribution < 1.29 is 4.74 Å². The van der Waals surface area contributed by atoms with Crippen LogP contribution >= 0.6 is 0 Å². The lowest BCUT2D eigenvalue weighted by atomic mass is 10.1. The number of hydrogen-bond acceptors (Lipinski definition) is 2. The summed E-state index contributed by atoms with van der Waals surface area (Å²) in [5.41, 5.74) is 1.36.